The van der Waals surface area contributed by atoms with Crippen molar-refractivity contribution in [2.45, 2.75) is 12.8 Å². The van der Waals surface area contributed by atoms with Crippen molar-refractivity contribution in [3.63, 3.8) is 0 Å². The van der Waals surface area contributed by atoms with Gasteiger partial charge in [-0.15, -0.1) is 5.10 Å². The minimum absolute atomic E-state index is 0.513. The van der Waals surface area contributed by atoms with Crippen LogP contribution in [-0.2, 0) is 4.74 Å². The molecule has 68 valence electrons. The lowest BCUT2D eigenvalue weighted by Crippen LogP contribution is -2.36. The van der Waals surface area contributed by atoms with E-state index in [-0.39, 0.29) is 0 Å². The Bertz CT molecular complexity index is 193. The van der Waals surface area contributed by atoms with Gasteiger partial charge in [0.2, 0.25) is 5.90 Å². The van der Waals surface area contributed by atoms with Crippen molar-refractivity contribution < 1.29 is 4.74 Å². The molecule has 4 nitrogen and oxygen atoms in total. The van der Waals surface area contributed by atoms with Crippen LogP contribution in [0.15, 0.2) is 5.10 Å². The maximum atomic E-state index is 5.35. The minimum atomic E-state index is 0.513. The summed E-state index contributed by atoms with van der Waals surface area (Å²) in [5.74, 6) is 1.42. The van der Waals surface area contributed by atoms with Gasteiger partial charge in [0.05, 0.1) is 0 Å². The number of hydrogen-bond donors (Lipinski definition) is 1. The number of rotatable bonds is 1. The first kappa shape index (κ1) is 7.86. The van der Waals surface area contributed by atoms with Gasteiger partial charge in [-0.05, 0) is 26.4 Å². The summed E-state index contributed by atoms with van der Waals surface area (Å²) < 4.78 is 5.35. The maximum absolute atomic E-state index is 5.35. The molecule has 0 bridgehead atoms. The highest BCUT2D eigenvalue weighted by atomic mass is 16.5. The number of ether oxygens (including phenoxy) is 1. The highest BCUT2D eigenvalue weighted by Gasteiger charge is 2.25. The molecule has 2 aliphatic rings. The van der Waals surface area contributed by atoms with Crippen LogP contribution in [0, 0.1) is 5.92 Å². The topological polar surface area (TPSA) is 36.9 Å². The molecule has 0 saturated carbocycles. The zero-order valence-electron chi connectivity index (χ0n) is 7.42. The molecule has 1 fully saturated rings. The fourth-order valence-corrected chi connectivity index (χ4v) is 1.83. The van der Waals surface area contributed by atoms with Crippen molar-refractivity contribution >= 4 is 5.90 Å². The molecule has 0 spiro atoms. The molecule has 0 amide bonds. The quantitative estimate of drug-likeness (QED) is 0.610. The number of likely N-dealkylation sites (tertiary alicyclic amines) is 1. The fourth-order valence-electron chi connectivity index (χ4n) is 1.83. The van der Waals surface area contributed by atoms with E-state index >= 15 is 0 Å². The molecule has 2 heterocycles. The number of nitrogens with zero attached hydrogens (tertiary/aromatic N) is 2. The van der Waals surface area contributed by atoms with Crippen LogP contribution >= 0.6 is 0 Å². The largest absolute Gasteiger partial charge is 0.457 e. The summed E-state index contributed by atoms with van der Waals surface area (Å²) >= 11 is 0. The molecular formula is C8H15N3O. The van der Waals surface area contributed by atoms with E-state index in [0.29, 0.717) is 12.6 Å². The Morgan fingerprint density at radius 2 is 2.58 bits per heavy atom. The van der Waals surface area contributed by atoms with Crippen molar-refractivity contribution in [1.82, 2.24) is 10.3 Å². The Kier molecular flexibility index (Phi) is 2.17. The second kappa shape index (κ2) is 3.31. The van der Waals surface area contributed by atoms with Crippen molar-refractivity contribution in [2.75, 3.05) is 26.9 Å². The highest BCUT2D eigenvalue weighted by molar-refractivity contribution is 5.79. The van der Waals surface area contributed by atoms with Gasteiger partial charge in [0.1, 0.15) is 0 Å². The molecule has 1 atom stereocenters. The van der Waals surface area contributed by atoms with E-state index in [1.165, 1.54) is 19.4 Å². The highest BCUT2D eigenvalue weighted by Crippen LogP contribution is 2.18. The van der Waals surface area contributed by atoms with E-state index in [2.05, 4.69) is 22.5 Å². The first-order valence-corrected chi connectivity index (χ1v) is 4.48. The summed E-state index contributed by atoms with van der Waals surface area (Å²) in [5, 5.41) is 4.11. The summed E-state index contributed by atoms with van der Waals surface area (Å²) in [7, 11) is 2.15. The molecule has 0 aromatic rings. The van der Waals surface area contributed by atoms with Gasteiger partial charge in [-0.2, -0.15) is 0 Å². The standard InChI is InChI=1S/C8H15N3O/c1-11-4-2-3-7(5-11)8-10-9-6-12-8/h7,9H,2-6H2,1H3. The summed E-state index contributed by atoms with van der Waals surface area (Å²) in [5.41, 5.74) is 2.83. The maximum Gasteiger partial charge on any atom is 0.212 e. The minimum Gasteiger partial charge on any atom is -0.457 e. The average molecular weight is 169 g/mol. The third kappa shape index (κ3) is 1.53. The van der Waals surface area contributed by atoms with Crippen LogP contribution < -0.4 is 5.43 Å². The molecule has 1 saturated heterocycles. The van der Waals surface area contributed by atoms with Crippen LogP contribution in [-0.4, -0.2) is 37.7 Å². The van der Waals surface area contributed by atoms with Crippen LogP contribution in [0.2, 0.25) is 0 Å². The number of nitrogens with one attached hydrogen (secondary N) is 1. The number of hydrogen-bond acceptors (Lipinski definition) is 4. The lowest BCUT2D eigenvalue weighted by Gasteiger charge is -2.28. The van der Waals surface area contributed by atoms with Gasteiger partial charge >= 0.3 is 0 Å². The van der Waals surface area contributed by atoms with E-state index in [1.54, 1.807) is 0 Å². The normalized spacial score (nSPS) is 30.8. The Morgan fingerprint density at radius 3 is 3.25 bits per heavy atom. The molecule has 2 rings (SSSR count). The van der Waals surface area contributed by atoms with Crippen molar-refractivity contribution in [3.05, 3.63) is 0 Å². The third-order valence-corrected chi connectivity index (χ3v) is 2.45. The Balaban J connectivity index is 1.94. The molecule has 2 aliphatic heterocycles. The van der Waals surface area contributed by atoms with Crippen molar-refractivity contribution in [3.8, 4) is 0 Å². The van der Waals surface area contributed by atoms with E-state index in [4.69, 9.17) is 4.74 Å². The predicted molar refractivity (Wildman–Crippen MR) is 46.7 cm³/mol. The Hall–Kier alpha value is -0.770. The summed E-state index contributed by atoms with van der Waals surface area (Å²) in [4.78, 5) is 2.33. The van der Waals surface area contributed by atoms with Gasteiger partial charge in [0, 0.05) is 12.5 Å². The Morgan fingerprint density at radius 1 is 1.67 bits per heavy atom. The third-order valence-electron chi connectivity index (χ3n) is 2.45. The van der Waals surface area contributed by atoms with E-state index in [0.717, 1.165) is 12.4 Å². The van der Waals surface area contributed by atoms with Gasteiger partial charge < -0.3 is 9.64 Å². The van der Waals surface area contributed by atoms with Gasteiger partial charge in [0.15, 0.2) is 6.73 Å². The van der Waals surface area contributed by atoms with E-state index in [9.17, 15) is 0 Å². The number of piperidine rings is 1. The van der Waals surface area contributed by atoms with Crippen LogP contribution in [0.25, 0.3) is 0 Å². The smallest absolute Gasteiger partial charge is 0.212 e. The molecule has 4 heteroatoms. The van der Waals surface area contributed by atoms with Crippen LogP contribution in [0.1, 0.15) is 12.8 Å². The lowest BCUT2D eigenvalue weighted by molar-refractivity contribution is 0.217. The second-order valence-electron chi connectivity index (χ2n) is 3.50. The van der Waals surface area contributed by atoms with Crippen LogP contribution in [0.3, 0.4) is 0 Å². The van der Waals surface area contributed by atoms with E-state index in [1.807, 2.05) is 0 Å². The average Bonchev–Trinajstić information content (AvgIpc) is 2.56. The molecule has 0 radical (unpaired) electrons. The summed E-state index contributed by atoms with van der Waals surface area (Å²) in [6, 6.07) is 0. The molecule has 0 aromatic carbocycles. The monoisotopic (exact) mass is 169 g/mol. The van der Waals surface area contributed by atoms with Gasteiger partial charge in [-0.25, -0.2) is 0 Å². The Labute approximate surface area is 72.6 Å². The van der Waals surface area contributed by atoms with E-state index < -0.39 is 0 Å². The van der Waals surface area contributed by atoms with Gasteiger partial charge in [0.25, 0.3) is 0 Å². The van der Waals surface area contributed by atoms with Crippen molar-refractivity contribution in [1.29, 1.82) is 0 Å². The SMILES string of the molecule is CN1CCCC(C2=NNCO2)C1. The van der Waals surface area contributed by atoms with Crippen LogP contribution in [0.5, 0.6) is 0 Å². The summed E-state index contributed by atoms with van der Waals surface area (Å²) in [6.07, 6.45) is 2.47. The number of hydrazone groups is 1. The lowest BCUT2D eigenvalue weighted by atomic mass is 9.98. The molecule has 1 unspecified atom stereocenters. The molecular weight excluding hydrogens is 154 g/mol. The first-order chi connectivity index (χ1) is 5.86. The van der Waals surface area contributed by atoms with Crippen LogP contribution in [0.4, 0.5) is 0 Å². The van der Waals surface area contributed by atoms with Gasteiger partial charge in [-0.3, -0.25) is 5.43 Å². The predicted octanol–water partition coefficient (Wildman–Crippen LogP) is 0.219. The molecule has 0 aliphatic carbocycles. The zero-order chi connectivity index (χ0) is 8.39. The summed E-state index contributed by atoms with van der Waals surface area (Å²) in [6.45, 7) is 2.84. The van der Waals surface area contributed by atoms with Gasteiger partial charge in [-0.1, -0.05) is 0 Å². The molecule has 0 aromatic heterocycles. The molecule has 12 heavy (non-hydrogen) atoms. The fraction of sp³-hybridized carbons (Fsp3) is 0.875. The first-order valence-electron chi connectivity index (χ1n) is 4.48. The second-order valence-corrected chi connectivity index (χ2v) is 3.50. The molecule has 1 N–H and O–H groups in total. The zero-order valence-corrected chi connectivity index (χ0v) is 7.42. The van der Waals surface area contributed by atoms with Crippen molar-refractivity contribution in [2.24, 2.45) is 11.0 Å².